The van der Waals surface area contributed by atoms with E-state index >= 15 is 0 Å². The Labute approximate surface area is 174 Å². The Morgan fingerprint density at radius 3 is 2.86 bits per heavy atom. The van der Waals surface area contributed by atoms with E-state index in [-0.39, 0.29) is 5.91 Å². The van der Waals surface area contributed by atoms with E-state index in [0.717, 1.165) is 29.0 Å². The third-order valence-electron chi connectivity index (χ3n) is 5.17. The van der Waals surface area contributed by atoms with Crippen molar-refractivity contribution < 1.29 is 14.1 Å². The van der Waals surface area contributed by atoms with Crippen molar-refractivity contribution in [1.82, 2.24) is 24.5 Å². The highest BCUT2D eigenvalue weighted by molar-refractivity contribution is 6.31. The lowest BCUT2D eigenvalue weighted by molar-refractivity contribution is -0.133. The van der Waals surface area contributed by atoms with Crippen LogP contribution in [0.15, 0.2) is 35.0 Å². The number of piperazine rings is 1. The van der Waals surface area contributed by atoms with Crippen LogP contribution >= 0.6 is 11.6 Å². The van der Waals surface area contributed by atoms with Gasteiger partial charge in [0.2, 0.25) is 11.8 Å². The van der Waals surface area contributed by atoms with E-state index in [0.29, 0.717) is 50.9 Å². The number of aromatic nitrogens is 3. The fraction of sp³-hybridized carbons (Fsp3) is 0.450. The zero-order valence-corrected chi connectivity index (χ0v) is 17.1. The Morgan fingerprint density at radius 2 is 2.07 bits per heavy atom. The first-order valence-corrected chi connectivity index (χ1v) is 10.0. The lowest BCUT2D eigenvalue weighted by atomic mass is 10.2. The monoisotopic (exact) mass is 417 g/mol. The fourth-order valence-electron chi connectivity index (χ4n) is 3.63. The van der Waals surface area contributed by atoms with E-state index in [4.69, 9.17) is 20.9 Å². The minimum absolute atomic E-state index is 0.181. The van der Waals surface area contributed by atoms with Crippen molar-refractivity contribution in [2.45, 2.75) is 26.1 Å². The molecule has 1 aliphatic heterocycles. The predicted molar refractivity (Wildman–Crippen MR) is 108 cm³/mol. The second-order valence-electron chi connectivity index (χ2n) is 7.16. The van der Waals surface area contributed by atoms with Crippen LogP contribution in [-0.4, -0.2) is 63.7 Å². The van der Waals surface area contributed by atoms with E-state index in [2.05, 4.69) is 19.6 Å². The summed E-state index contributed by atoms with van der Waals surface area (Å²) >= 11 is 6.04. The topological polar surface area (TPSA) is 76.6 Å². The number of aryl methyl sites for hydroxylation is 1. The van der Waals surface area contributed by atoms with Gasteiger partial charge in [0, 0.05) is 68.4 Å². The Kier molecular flexibility index (Phi) is 6.13. The number of benzene rings is 1. The van der Waals surface area contributed by atoms with Gasteiger partial charge in [0.15, 0.2) is 5.82 Å². The molecule has 9 heteroatoms. The van der Waals surface area contributed by atoms with Crippen molar-refractivity contribution in [2.24, 2.45) is 0 Å². The molecule has 0 N–H and O–H groups in total. The van der Waals surface area contributed by atoms with Gasteiger partial charge >= 0.3 is 0 Å². The van der Waals surface area contributed by atoms with Gasteiger partial charge in [-0.1, -0.05) is 16.8 Å². The molecule has 3 heterocycles. The van der Waals surface area contributed by atoms with Gasteiger partial charge in [-0.2, -0.15) is 4.98 Å². The standard InChI is InChI=1S/C20H24ClN5O3/c1-28-14-18-22-19(29-23-18)13-24-8-10-26(11-9-24)20(27)5-7-25-6-4-15-12-16(21)2-3-17(15)25/h2-4,6,12H,5,7-11,13-14H2,1H3. The summed E-state index contributed by atoms with van der Waals surface area (Å²) in [5.41, 5.74) is 1.10. The molecule has 3 aromatic rings. The molecule has 1 fully saturated rings. The van der Waals surface area contributed by atoms with Crippen molar-refractivity contribution in [1.29, 1.82) is 0 Å². The molecule has 1 aliphatic rings. The van der Waals surface area contributed by atoms with Crippen LogP contribution in [0, 0.1) is 0 Å². The van der Waals surface area contributed by atoms with Crippen LogP contribution in [0.1, 0.15) is 18.1 Å². The Morgan fingerprint density at radius 1 is 1.24 bits per heavy atom. The van der Waals surface area contributed by atoms with E-state index in [1.807, 2.05) is 35.4 Å². The second-order valence-corrected chi connectivity index (χ2v) is 7.59. The molecule has 1 amide bonds. The van der Waals surface area contributed by atoms with Crippen LogP contribution in [0.4, 0.5) is 0 Å². The first-order chi connectivity index (χ1) is 14.1. The number of amides is 1. The lowest BCUT2D eigenvalue weighted by Crippen LogP contribution is -2.48. The zero-order chi connectivity index (χ0) is 20.2. The van der Waals surface area contributed by atoms with E-state index < -0.39 is 0 Å². The maximum Gasteiger partial charge on any atom is 0.240 e. The first-order valence-electron chi connectivity index (χ1n) is 9.67. The average Bonchev–Trinajstić information content (AvgIpc) is 3.33. The Bertz CT molecular complexity index is 978. The Balaban J connectivity index is 1.25. The van der Waals surface area contributed by atoms with Crippen molar-refractivity contribution >= 4 is 28.4 Å². The molecule has 0 bridgehead atoms. The summed E-state index contributed by atoms with van der Waals surface area (Å²) in [6, 6.07) is 7.84. The quantitative estimate of drug-likeness (QED) is 0.588. The van der Waals surface area contributed by atoms with Gasteiger partial charge in [0.25, 0.3) is 0 Å². The van der Waals surface area contributed by atoms with Crippen LogP contribution in [0.5, 0.6) is 0 Å². The van der Waals surface area contributed by atoms with Gasteiger partial charge < -0.3 is 18.7 Å². The normalized spacial score (nSPS) is 15.3. The van der Waals surface area contributed by atoms with Crippen LogP contribution in [0.3, 0.4) is 0 Å². The van der Waals surface area contributed by atoms with Crippen molar-refractivity contribution in [2.75, 3.05) is 33.3 Å². The summed E-state index contributed by atoms with van der Waals surface area (Å²) < 4.78 is 12.3. The van der Waals surface area contributed by atoms with Gasteiger partial charge in [-0.15, -0.1) is 0 Å². The average molecular weight is 418 g/mol. The first kappa shape index (κ1) is 19.9. The molecular formula is C20H24ClN5O3. The smallest absolute Gasteiger partial charge is 0.240 e. The van der Waals surface area contributed by atoms with Gasteiger partial charge in [0.1, 0.15) is 6.61 Å². The van der Waals surface area contributed by atoms with E-state index in [9.17, 15) is 4.79 Å². The molecule has 1 saturated heterocycles. The molecule has 0 atom stereocenters. The Hall–Kier alpha value is -2.42. The van der Waals surface area contributed by atoms with Crippen LogP contribution in [0.2, 0.25) is 5.02 Å². The molecule has 29 heavy (non-hydrogen) atoms. The molecule has 0 saturated carbocycles. The summed E-state index contributed by atoms with van der Waals surface area (Å²) in [5, 5.41) is 5.69. The number of rotatable bonds is 7. The van der Waals surface area contributed by atoms with Crippen LogP contribution in [-0.2, 0) is 29.2 Å². The maximum absolute atomic E-state index is 12.6. The number of hydrogen-bond acceptors (Lipinski definition) is 6. The summed E-state index contributed by atoms with van der Waals surface area (Å²) in [6.45, 7) is 4.60. The van der Waals surface area contributed by atoms with Crippen molar-refractivity contribution in [3.8, 4) is 0 Å². The van der Waals surface area contributed by atoms with E-state index in [1.54, 1.807) is 7.11 Å². The molecule has 1 aromatic carbocycles. The molecular weight excluding hydrogens is 394 g/mol. The van der Waals surface area contributed by atoms with Crippen LogP contribution in [0.25, 0.3) is 10.9 Å². The third-order valence-corrected chi connectivity index (χ3v) is 5.40. The van der Waals surface area contributed by atoms with Crippen molar-refractivity contribution in [3.63, 3.8) is 0 Å². The van der Waals surface area contributed by atoms with Gasteiger partial charge in [0.05, 0.1) is 6.54 Å². The number of halogens is 1. The molecule has 0 unspecified atom stereocenters. The predicted octanol–water partition coefficient (Wildman–Crippen LogP) is 2.56. The highest BCUT2D eigenvalue weighted by Crippen LogP contribution is 2.21. The molecule has 8 nitrogen and oxygen atoms in total. The number of hydrogen-bond donors (Lipinski definition) is 0. The fourth-order valence-corrected chi connectivity index (χ4v) is 3.81. The lowest BCUT2D eigenvalue weighted by Gasteiger charge is -2.34. The number of carbonyl (C=O) groups is 1. The SMILES string of the molecule is COCc1noc(CN2CCN(C(=O)CCn3ccc4cc(Cl)ccc43)CC2)n1. The number of carbonyl (C=O) groups excluding carboxylic acids is 1. The molecule has 0 aliphatic carbocycles. The number of nitrogens with zero attached hydrogens (tertiary/aromatic N) is 5. The largest absolute Gasteiger partial charge is 0.377 e. The van der Waals surface area contributed by atoms with Crippen LogP contribution < -0.4 is 0 Å². The molecule has 0 spiro atoms. The molecule has 0 radical (unpaired) electrons. The maximum atomic E-state index is 12.6. The van der Waals surface area contributed by atoms with Crippen molar-refractivity contribution in [3.05, 3.63) is 47.2 Å². The summed E-state index contributed by atoms with van der Waals surface area (Å²) in [5.74, 6) is 1.31. The molecule has 2 aromatic heterocycles. The third kappa shape index (κ3) is 4.77. The zero-order valence-electron chi connectivity index (χ0n) is 16.4. The molecule has 154 valence electrons. The van der Waals surface area contributed by atoms with Gasteiger partial charge in [-0.3, -0.25) is 9.69 Å². The number of ether oxygens (including phenoxy) is 1. The number of fused-ring (bicyclic) bond motifs is 1. The van der Waals surface area contributed by atoms with Gasteiger partial charge in [-0.25, -0.2) is 0 Å². The molecule has 4 rings (SSSR count). The number of methoxy groups -OCH3 is 1. The summed E-state index contributed by atoms with van der Waals surface area (Å²) in [6.07, 6.45) is 2.49. The minimum atomic E-state index is 0.181. The minimum Gasteiger partial charge on any atom is -0.377 e. The van der Waals surface area contributed by atoms with E-state index in [1.165, 1.54) is 0 Å². The summed E-state index contributed by atoms with van der Waals surface area (Å²) in [4.78, 5) is 21.1. The summed E-state index contributed by atoms with van der Waals surface area (Å²) in [7, 11) is 1.60. The highest BCUT2D eigenvalue weighted by Gasteiger charge is 2.22. The second kappa shape index (κ2) is 8.94. The van der Waals surface area contributed by atoms with Gasteiger partial charge in [-0.05, 0) is 24.3 Å². The highest BCUT2D eigenvalue weighted by atomic mass is 35.5.